The number of nitrogens with zero attached hydrogens (tertiary/aromatic N) is 1. The number of aliphatic carboxylic acids is 1. The first-order valence-corrected chi connectivity index (χ1v) is 4.42. The van der Waals surface area contributed by atoms with Crippen molar-refractivity contribution in [3.63, 3.8) is 0 Å². The number of hydrogen-bond donors (Lipinski definition) is 1. The molecule has 0 atom stereocenters. The van der Waals surface area contributed by atoms with Crippen LogP contribution in [-0.4, -0.2) is 16.2 Å². The fourth-order valence-electron chi connectivity index (χ4n) is 1.60. The van der Waals surface area contributed by atoms with Crippen molar-refractivity contribution in [2.45, 2.75) is 31.6 Å². The van der Waals surface area contributed by atoms with Crippen LogP contribution in [0.25, 0.3) is 0 Å². The number of aromatic nitrogens is 1. The van der Waals surface area contributed by atoms with Crippen molar-refractivity contribution < 1.29 is 14.4 Å². The zero-order valence-corrected chi connectivity index (χ0v) is 7.19. The van der Waals surface area contributed by atoms with E-state index in [0.717, 1.165) is 18.4 Å². The highest BCUT2D eigenvalue weighted by Gasteiger charge is 2.25. The van der Waals surface area contributed by atoms with Crippen molar-refractivity contribution in [1.82, 2.24) is 5.16 Å². The number of hydrogen-bond acceptors (Lipinski definition) is 3. The predicted octanol–water partition coefficient (Wildman–Crippen LogP) is 1.57. The molecule has 0 unspecified atom stereocenters. The smallest absolute Gasteiger partial charge is 0.309 e. The molecule has 4 nitrogen and oxygen atoms in total. The summed E-state index contributed by atoms with van der Waals surface area (Å²) in [6, 6.07) is 0. The van der Waals surface area contributed by atoms with E-state index in [1.54, 1.807) is 6.26 Å². The molecule has 0 radical (unpaired) electrons. The minimum atomic E-state index is -0.852. The molecule has 0 saturated heterocycles. The molecular formula is C9H11NO3. The van der Waals surface area contributed by atoms with Gasteiger partial charge in [0.25, 0.3) is 0 Å². The van der Waals surface area contributed by atoms with E-state index in [1.807, 2.05) is 0 Å². The Labute approximate surface area is 75.5 Å². The van der Waals surface area contributed by atoms with Crippen LogP contribution in [-0.2, 0) is 11.2 Å². The Hall–Kier alpha value is -1.32. The fourth-order valence-corrected chi connectivity index (χ4v) is 1.60. The minimum absolute atomic E-state index is 0.0255. The van der Waals surface area contributed by atoms with Crippen LogP contribution < -0.4 is 0 Å². The summed E-state index contributed by atoms with van der Waals surface area (Å²) >= 11 is 0. The van der Waals surface area contributed by atoms with Crippen molar-refractivity contribution >= 4 is 5.97 Å². The van der Waals surface area contributed by atoms with Crippen molar-refractivity contribution in [1.29, 1.82) is 0 Å². The van der Waals surface area contributed by atoms with Crippen molar-refractivity contribution in [2.75, 3.05) is 0 Å². The van der Waals surface area contributed by atoms with E-state index in [2.05, 4.69) is 5.16 Å². The molecule has 13 heavy (non-hydrogen) atoms. The van der Waals surface area contributed by atoms with Gasteiger partial charge < -0.3 is 9.63 Å². The third-order valence-electron chi connectivity index (χ3n) is 2.54. The second-order valence-electron chi connectivity index (χ2n) is 3.41. The topological polar surface area (TPSA) is 63.3 Å². The first-order valence-electron chi connectivity index (χ1n) is 4.42. The highest BCUT2D eigenvalue weighted by molar-refractivity contribution is 5.70. The van der Waals surface area contributed by atoms with Gasteiger partial charge in [-0.2, -0.15) is 0 Å². The zero-order chi connectivity index (χ0) is 9.26. The maximum absolute atomic E-state index is 10.5. The number of carbonyl (C=O) groups is 1. The molecule has 4 heteroatoms. The lowest BCUT2D eigenvalue weighted by Gasteiger charge is -2.24. The molecule has 1 aliphatic carbocycles. The van der Waals surface area contributed by atoms with Crippen molar-refractivity contribution in [2.24, 2.45) is 0 Å². The van der Waals surface area contributed by atoms with Gasteiger partial charge in [0.15, 0.2) is 0 Å². The van der Waals surface area contributed by atoms with E-state index in [9.17, 15) is 4.79 Å². The van der Waals surface area contributed by atoms with Crippen LogP contribution in [0.4, 0.5) is 0 Å². The van der Waals surface area contributed by atoms with Crippen LogP contribution in [0, 0.1) is 0 Å². The van der Waals surface area contributed by atoms with E-state index in [4.69, 9.17) is 9.63 Å². The van der Waals surface area contributed by atoms with Crippen LogP contribution in [0.5, 0.6) is 0 Å². The van der Waals surface area contributed by atoms with Crippen LogP contribution in [0.1, 0.15) is 36.4 Å². The van der Waals surface area contributed by atoms with Gasteiger partial charge in [0.2, 0.25) is 0 Å². The van der Waals surface area contributed by atoms with Crippen LogP contribution in [0.3, 0.4) is 0 Å². The zero-order valence-electron chi connectivity index (χ0n) is 7.19. The summed E-state index contributed by atoms with van der Waals surface area (Å²) in [7, 11) is 0. The molecule has 0 bridgehead atoms. The summed E-state index contributed by atoms with van der Waals surface area (Å²) < 4.78 is 4.79. The second kappa shape index (κ2) is 3.20. The van der Waals surface area contributed by atoms with Gasteiger partial charge in [0.1, 0.15) is 6.26 Å². The van der Waals surface area contributed by atoms with Gasteiger partial charge >= 0.3 is 5.97 Å². The van der Waals surface area contributed by atoms with Gasteiger partial charge in [-0.15, -0.1) is 0 Å². The summed E-state index contributed by atoms with van der Waals surface area (Å²) in [5, 5.41) is 12.3. The second-order valence-corrected chi connectivity index (χ2v) is 3.41. The molecule has 0 aliphatic heterocycles. The van der Waals surface area contributed by atoms with E-state index >= 15 is 0 Å². The van der Waals surface area contributed by atoms with Gasteiger partial charge in [-0.25, -0.2) is 0 Å². The lowest BCUT2D eigenvalue weighted by molar-refractivity contribution is -0.136. The van der Waals surface area contributed by atoms with Crippen LogP contribution >= 0.6 is 0 Å². The first kappa shape index (κ1) is 8.29. The molecule has 1 saturated carbocycles. The quantitative estimate of drug-likeness (QED) is 0.768. The molecule has 70 valence electrons. The Kier molecular flexibility index (Phi) is 2.04. The number of carboxylic acids is 1. The molecule has 0 amide bonds. The molecule has 1 fully saturated rings. The molecule has 1 aromatic rings. The maximum Gasteiger partial charge on any atom is 0.309 e. The Morgan fingerprint density at radius 2 is 2.46 bits per heavy atom. The third kappa shape index (κ3) is 1.56. The molecular weight excluding hydrogens is 170 g/mol. The molecule has 1 heterocycles. The van der Waals surface area contributed by atoms with Crippen LogP contribution in [0.2, 0.25) is 0 Å². The summed E-state index contributed by atoms with van der Waals surface area (Å²) in [5.74, 6) is -0.366. The number of rotatable bonds is 3. The molecule has 0 aromatic carbocycles. The summed E-state index contributed by atoms with van der Waals surface area (Å²) in [4.78, 5) is 10.5. The highest BCUT2D eigenvalue weighted by Crippen LogP contribution is 2.37. The van der Waals surface area contributed by atoms with Gasteiger partial charge in [-0.3, -0.25) is 4.79 Å². The minimum Gasteiger partial charge on any atom is -0.481 e. The lowest BCUT2D eigenvalue weighted by Crippen LogP contribution is -2.12. The largest absolute Gasteiger partial charge is 0.481 e. The van der Waals surface area contributed by atoms with Gasteiger partial charge in [0, 0.05) is 5.56 Å². The van der Waals surface area contributed by atoms with E-state index in [1.165, 1.54) is 6.42 Å². The van der Waals surface area contributed by atoms with Crippen molar-refractivity contribution in [3.8, 4) is 0 Å². The molecule has 1 aliphatic rings. The van der Waals surface area contributed by atoms with E-state index < -0.39 is 5.97 Å². The fraction of sp³-hybridized carbons (Fsp3) is 0.556. The summed E-state index contributed by atoms with van der Waals surface area (Å²) in [6.45, 7) is 0. The maximum atomic E-state index is 10.5. The third-order valence-corrected chi connectivity index (χ3v) is 2.54. The standard InChI is InChI=1S/C9H11NO3/c11-9(12)4-8-7(5-13-10-8)6-2-1-3-6/h5-6H,1-4H2,(H,11,12). The lowest BCUT2D eigenvalue weighted by atomic mass is 9.80. The Balaban J connectivity index is 2.14. The normalized spacial score (nSPS) is 16.9. The Bertz CT molecular complexity index is 314. The molecule has 1 aromatic heterocycles. The average Bonchev–Trinajstić information content (AvgIpc) is 2.32. The van der Waals surface area contributed by atoms with Crippen LogP contribution in [0.15, 0.2) is 10.8 Å². The Morgan fingerprint density at radius 3 is 3.00 bits per heavy atom. The van der Waals surface area contributed by atoms with E-state index in [0.29, 0.717) is 11.6 Å². The molecule has 2 rings (SSSR count). The number of carboxylic acid groups (broad SMARTS) is 1. The van der Waals surface area contributed by atoms with Gasteiger partial charge in [0.05, 0.1) is 12.1 Å². The predicted molar refractivity (Wildman–Crippen MR) is 44.4 cm³/mol. The monoisotopic (exact) mass is 181 g/mol. The van der Waals surface area contributed by atoms with Gasteiger partial charge in [-0.1, -0.05) is 11.6 Å². The average molecular weight is 181 g/mol. The Morgan fingerprint density at radius 1 is 1.69 bits per heavy atom. The van der Waals surface area contributed by atoms with E-state index in [-0.39, 0.29) is 6.42 Å². The highest BCUT2D eigenvalue weighted by atomic mass is 16.5. The first-order chi connectivity index (χ1) is 6.27. The summed E-state index contributed by atoms with van der Waals surface area (Å²) in [6.07, 6.45) is 5.05. The van der Waals surface area contributed by atoms with Crippen molar-refractivity contribution in [3.05, 3.63) is 17.5 Å². The van der Waals surface area contributed by atoms with Gasteiger partial charge in [-0.05, 0) is 18.8 Å². The summed E-state index contributed by atoms with van der Waals surface area (Å²) in [5.41, 5.74) is 1.59. The molecule has 0 spiro atoms. The molecule has 1 N–H and O–H groups in total. The SMILES string of the molecule is O=C(O)Cc1nocc1C1CCC1.